The fourth-order valence-electron chi connectivity index (χ4n) is 8.07. The highest BCUT2D eigenvalue weighted by Gasteiger charge is 2.18. The Morgan fingerprint density at radius 2 is 0.794 bits per heavy atom. The van der Waals surface area contributed by atoms with E-state index in [0.29, 0.717) is 19.4 Å². The highest BCUT2D eigenvalue weighted by atomic mass is 16.5. The van der Waals surface area contributed by atoms with E-state index in [1.807, 2.05) is 6.08 Å². The van der Waals surface area contributed by atoms with Crippen LogP contribution in [0.3, 0.4) is 0 Å². The summed E-state index contributed by atoms with van der Waals surface area (Å²) in [6, 6.07) is -0.640. The highest BCUT2D eigenvalue weighted by molar-refractivity contribution is 5.76. The van der Waals surface area contributed by atoms with Gasteiger partial charge in [-0.15, -0.1) is 0 Å². The summed E-state index contributed by atoms with van der Waals surface area (Å²) in [7, 11) is 0. The Hall–Kier alpha value is -2.18. The molecule has 0 aromatic rings. The summed E-state index contributed by atoms with van der Waals surface area (Å²) < 4.78 is 5.45. The number of esters is 1. The third kappa shape index (κ3) is 49.1. The Morgan fingerprint density at radius 1 is 0.444 bits per heavy atom. The predicted molar refractivity (Wildman–Crippen MR) is 273 cm³/mol. The predicted octanol–water partition coefficient (Wildman–Crippen LogP) is 16.6. The number of rotatable bonds is 50. The van der Waals surface area contributed by atoms with Crippen LogP contribution in [0.15, 0.2) is 48.6 Å². The first-order valence-electron chi connectivity index (χ1n) is 27.4. The van der Waals surface area contributed by atoms with Gasteiger partial charge in [-0.1, -0.05) is 223 Å². The van der Waals surface area contributed by atoms with Gasteiger partial charge < -0.3 is 20.3 Å². The SMILES string of the molecule is CCCCCC/C=C\C/C=C\CCCCCCCC(=O)OCCCCCC/C=C\CCCCCCCCCC(=O)NC(CO)C(O)/C=C/CCCCCCCCCCCCCCC. The van der Waals surface area contributed by atoms with Gasteiger partial charge in [0.25, 0.3) is 0 Å². The number of aliphatic hydroxyl groups excluding tert-OH is 2. The Morgan fingerprint density at radius 3 is 1.24 bits per heavy atom. The van der Waals surface area contributed by atoms with Crippen LogP contribution in [0.2, 0.25) is 0 Å². The molecule has 0 aromatic heterocycles. The van der Waals surface area contributed by atoms with Gasteiger partial charge in [-0.3, -0.25) is 9.59 Å². The first kappa shape index (κ1) is 60.8. The van der Waals surface area contributed by atoms with Crippen molar-refractivity contribution in [2.75, 3.05) is 13.2 Å². The Labute approximate surface area is 391 Å². The highest BCUT2D eigenvalue weighted by Crippen LogP contribution is 2.15. The number of carbonyl (C=O) groups excluding carboxylic acids is 2. The van der Waals surface area contributed by atoms with Crippen LogP contribution in [0.4, 0.5) is 0 Å². The van der Waals surface area contributed by atoms with Crippen LogP contribution in [0.1, 0.15) is 277 Å². The molecule has 0 saturated heterocycles. The summed E-state index contributed by atoms with van der Waals surface area (Å²) in [5.41, 5.74) is 0. The van der Waals surface area contributed by atoms with Crippen molar-refractivity contribution >= 4 is 11.9 Å². The summed E-state index contributed by atoms with van der Waals surface area (Å²) in [4.78, 5) is 24.5. The molecule has 2 atom stereocenters. The maximum Gasteiger partial charge on any atom is 0.305 e. The van der Waals surface area contributed by atoms with E-state index in [-0.39, 0.29) is 18.5 Å². The van der Waals surface area contributed by atoms with Crippen LogP contribution in [0.5, 0.6) is 0 Å². The molecule has 0 rings (SSSR count). The molecule has 3 N–H and O–H groups in total. The minimum absolute atomic E-state index is 0.0253. The average Bonchev–Trinajstić information content (AvgIpc) is 3.28. The minimum atomic E-state index is -0.855. The lowest BCUT2D eigenvalue weighted by Gasteiger charge is -2.20. The molecule has 0 bridgehead atoms. The van der Waals surface area contributed by atoms with Crippen LogP contribution in [-0.2, 0) is 14.3 Å². The standard InChI is InChI=1S/C57H105NO5/c1-3-5-7-9-11-13-15-17-19-23-27-31-35-39-43-47-51-57(62)63-52-48-44-40-36-32-28-24-20-22-26-30-34-38-42-46-50-56(61)58-54(53-59)55(60)49-45-41-37-33-29-25-21-18-16-14-12-10-8-6-4-2/h13,15,19,23-24,28,45,49,54-55,59-60H,3-12,14,16-18,20-22,25-27,29-44,46-48,50-53H2,1-2H3,(H,58,61)/b15-13-,23-19-,28-24-,49-45+. The fourth-order valence-corrected chi connectivity index (χ4v) is 8.07. The number of carbonyl (C=O) groups is 2. The van der Waals surface area contributed by atoms with Crippen molar-refractivity contribution in [2.45, 2.75) is 289 Å². The van der Waals surface area contributed by atoms with Crippen molar-refractivity contribution in [3.8, 4) is 0 Å². The molecule has 6 heteroatoms. The van der Waals surface area contributed by atoms with Crippen molar-refractivity contribution in [3.63, 3.8) is 0 Å². The smallest absolute Gasteiger partial charge is 0.305 e. The van der Waals surface area contributed by atoms with Gasteiger partial charge in [-0.25, -0.2) is 0 Å². The molecule has 0 radical (unpaired) electrons. The van der Waals surface area contributed by atoms with Crippen molar-refractivity contribution in [1.82, 2.24) is 5.32 Å². The molecule has 0 heterocycles. The first-order chi connectivity index (χ1) is 31.0. The molecule has 63 heavy (non-hydrogen) atoms. The van der Waals surface area contributed by atoms with Gasteiger partial charge in [0.1, 0.15) is 0 Å². The fraction of sp³-hybridized carbons (Fsp3) is 0.825. The molecular formula is C57H105NO5. The molecule has 0 saturated carbocycles. The largest absolute Gasteiger partial charge is 0.466 e. The first-order valence-corrected chi connectivity index (χ1v) is 27.4. The van der Waals surface area contributed by atoms with Crippen LogP contribution >= 0.6 is 0 Å². The number of aliphatic hydroxyl groups is 2. The maximum atomic E-state index is 12.4. The summed E-state index contributed by atoms with van der Waals surface area (Å²) in [6.45, 7) is 4.84. The number of unbranched alkanes of at least 4 members (excludes halogenated alkanes) is 33. The normalized spacial score (nSPS) is 13.0. The Balaban J connectivity index is 3.52. The zero-order chi connectivity index (χ0) is 45.8. The Bertz CT molecular complexity index is 1070. The summed E-state index contributed by atoms with van der Waals surface area (Å²) in [5, 5.41) is 23.1. The lowest BCUT2D eigenvalue weighted by Crippen LogP contribution is -2.45. The number of ether oxygens (including phenoxy) is 1. The second kappa shape index (κ2) is 52.4. The van der Waals surface area contributed by atoms with Gasteiger partial charge in [0.2, 0.25) is 5.91 Å². The quantitative estimate of drug-likeness (QED) is 0.0321. The van der Waals surface area contributed by atoms with E-state index in [2.05, 4.69) is 55.6 Å². The van der Waals surface area contributed by atoms with E-state index < -0.39 is 12.1 Å². The molecule has 1 amide bonds. The zero-order valence-electron chi connectivity index (χ0n) is 41.8. The molecule has 0 fully saturated rings. The van der Waals surface area contributed by atoms with Gasteiger partial charge in [0.05, 0.1) is 25.4 Å². The van der Waals surface area contributed by atoms with Gasteiger partial charge in [0.15, 0.2) is 0 Å². The number of nitrogens with one attached hydrogen (secondary N) is 1. The summed E-state index contributed by atoms with van der Waals surface area (Å²) in [6.07, 6.45) is 65.4. The van der Waals surface area contributed by atoms with E-state index in [1.54, 1.807) is 6.08 Å². The van der Waals surface area contributed by atoms with Crippen LogP contribution in [-0.4, -0.2) is 47.4 Å². The van der Waals surface area contributed by atoms with E-state index in [4.69, 9.17) is 4.74 Å². The topological polar surface area (TPSA) is 95.9 Å². The van der Waals surface area contributed by atoms with Crippen molar-refractivity contribution in [3.05, 3.63) is 48.6 Å². The second-order valence-corrected chi connectivity index (χ2v) is 18.5. The zero-order valence-corrected chi connectivity index (χ0v) is 41.8. The van der Waals surface area contributed by atoms with Crippen LogP contribution in [0, 0.1) is 0 Å². The molecule has 0 aromatic carbocycles. The van der Waals surface area contributed by atoms with E-state index in [9.17, 15) is 19.8 Å². The Kier molecular flexibility index (Phi) is 50.6. The molecule has 0 aliphatic carbocycles. The second-order valence-electron chi connectivity index (χ2n) is 18.5. The molecule has 368 valence electrons. The van der Waals surface area contributed by atoms with E-state index in [0.717, 1.165) is 83.5 Å². The van der Waals surface area contributed by atoms with Gasteiger partial charge >= 0.3 is 5.97 Å². The molecule has 2 unspecified atom stereocenters. The van der Waals surface area contributed by atoms with Crippen LogP contribution in [0.25, 0.3) is 0 Å². The van der Waals surface area contributed by atoms with Crippen LogP contribution < -0.4 is 5.32 Å². The maximum absolute atomic E-state index is 12.4. The molecular weight excluding hydrogens is 779 g/mol. The summed E-state index contributed by atoms with van der Waals surface area (Å²) >= 11 is 0. The molecule has 0 aliphatic rings. The number of hydrogen-bond donors (Lipinski definition) is 3. The average molecular weight is 884 g/mol. The molecule has 0 aliphatic heterocycles. The number of allylic oxidation sites excluding steroid dienone is 7. The van der Waals surface area contributed by atoms with Crippen molar-refractivity contribution in [1.29, 1.82) is 0 Å². The lowest BCUT2D eigenvalue weighted by atomic mass is 10.0. The molecule has 6 nitrogen and oxygen atoms in total. The van der Waals surface area contributed by atoms with Crippen molar-refractivity contribution < 1.29 is 24.5 Å². The third-order valence-electron chi connectivity index (χ3n) is 12.3. The van der Waals surface area contributed by atoms with Gasteiger partial charge in [0, 0.05) is 12.8 Å². The van der Waals surface area contributed by atoms with Gasteiger partial charge in [-0.2, -0.15) is 0 Å². The number of hydrogen-bond acceptors (Lipinski definition) is 5. The molecule has 0 spiro atoms. The van der Waals surface area contributed by atoms with Gasteiger partial charge in [-0.05, 0) is 89.9 Å². The van der Waals surface area contributed by atoms with E-state index in [1.165, 1.54) is 167 Å². The third-order valence-corrected chi connectivity index (χ3v) is 12.3. The minimum Gasteiger partial charge on any atom is -0.466 e. The number of amides is 1. The van der Waals surface area contributed by atoms with E-state index >= 15 is 0 Å². The summed E-state index contributed by atoms with van der Waals surface area (Å²) in [5.74, 6) is -0.110. The monoisotopic (exact) mass is 884 g/mol. The van der Waals surface area contributed by atoms with Crippen molar-refractivity contribution in [2.24, 2.45) is 0 Å². The lowest BCUT2D eigenvalue weighted by molar-refractivity contribution is -0.143.